The Kier molecular flexibility index (Phi) is 2.76. The SMILES string of the molecule is COC(=O)C[C@H]1C[C@@H](C)c2ccccc21. The average Bonchev–Trinajstić information content (AvgIpc) is 2.57. The molecule has 2 heteroatoms. The van der Waals surface area contributed by atoms with Crippen LogP contribution in [0.3, 0.4) is 0 Å². The standard InChI is InChI=1S/C13H16O2/c1-9-7-10(8-13(14)15-2)12-6-4-3-5-11(9)12/h3-6,9-10H,7-8H2,1-2H3/t9-,10-/m1/s1. The normalized spacial score (nSPS) is 23.6. The molecule has 0 fully saturated rings. The molecule has 2 rings (SSSR count). The Balaban J connectivity index is 2.21. The van der Waals surface area contributed by atoms with Gasteiger partial charge in [0.15, 0.2) is 0 Å². The van der Waals surface area contributed by atoms with Crippen LogP contribution >= 0.6 is 0 Å². The van der Waals surface area contributed by atoms with Crippen LogP contribution in [0.4, 0.5) is 0 Å². The summed E-state index contributed by atoms with van der Waals surface area (Å²) in [5, 5.41) is 0. The van der Waals surface area contributed by atoms with Crippen molar-refractivity contribution in [2.75, 3.05) is 7.11 Å². The van der Waals surface area contributed by atoms with E-state index in [4.69, 9.17) is 4.74 Å². The van der Waals surface area contributed by atoms with Crippen molar-refractivity contribution in [3.8, 4) is 0 Å². The van der Waals surface area contributed by atoms with E-state index in [0.717, 1.165) is 6.42 Å². The summed E-state index contributed by atoms with van der Waals surface area (Å²) >= 11 is 0. The van der Waals surface area contributed by atoms with Crippen LogP contribution in [0.25, 0.3) is 0 Å². The van der Waals surface area contributed by atoms with Gasteiger partial charge in [0.25, 0.3) is 0 Å². The van der Waals surface area contributed by atoms with Gasteiger partial charge in [-0.05, 0) is 29.4 Å². The van der Waals surface area contributed by atoms with E-state index in [9.17, 15) is 4.79 Å². The quantitative estimate of drug-likeness (QED) is 0.692. The van der Waals surface area contributed by atoms with Gasteiger partial charge in [-0.25, -0.2) is 0 Å². The minimum absolute atomic E-state index is 0.107. The Morgan fingerprint density at radius 2 is 2.07 bits per heavy atom. The lowest BCUT2D eigenvalue weighted by molar-refractivity contribution is -0.141. The molecule has 15 heavy (non-hydrogen) atoms. The van der Waals surface area contributed by atoms with E-state index in [2.05, 4.69) is 25.1 Å². The Labute approximate surface area is 90.3 Å². The zero-order chi connectivity index (χ0) is 10.8. The van der Waals surface area contributed by atoms with Crippen molar-refractivity contribution in [2.24, 2.45) is 0 Å². The fourth-order valence-corrected chi connectivity index (χ4v) is 2.49. The number of carbonyl (C=O) groups is 1. The van der Waals surface area contributed by atoms with E-state index in [0.29, 0.717) is 18.3 Å². The number of benzene rings is 1. The third kappa shape index (κ3) is 1.89. The molecular formula is C13H16O2. The van der Waals surface area contributed by atoms with Gasteiger partial charge in [0, 0.05) is 0 Å². The largest absolute Gasteiger partial charge is 0.469 e. The molecule has 0 saturated heterocycles. The summed E-state index contributed by atoms with van der Waals surface area (Å²) in [6.07, 6.45) is 1.58. The number of hydrogen-bond donors (Lipinski definition) is 0. The predicted octanol–water partition coefficient (Wildman–Crippen LogP) is 2.84. The van der Waals surface area contributed by atoms with Crippen molar-refractivity contribution < 1.29 is 9.53 Å². The molecule has 2 atom stereocenters. The van der Waals surface area contributed by atoms with Gasteiger partial charge in [-0.15, -0.1) is 0 Å². The van der Waals surface area contributed by atoms with E-state index in [-0.39, 0.29) is 5.97 Å². The first kappa shape index (κ1) is 10.2. The summed E-state index contributed by atoms with van der Waals surface area (Å²) in [6.45, 7) is 2.22. The molecule has 1 aromatic rings. The third-order valence-corrected chi connectivity index (χ3v) is 3.25. The molecule has 0 amide bonds. The van der Waals surface area contributed by atoms with E-state index >= 15 is 0 Å². The summed E-state index contributed by atoms with van der Waals surface area (Å²) in [6, 6.07) is 8.40. The molecule has 0 aliphatic heterocycles. The third-order valence-electron chi connectivity index (χ3n) is 3.25. The first-order valence-electron chi connectivity index (χ1n) is 5.38. The maximum Gasteiger partial charge on any atom is 0.306 e. The highest BCUT2D eigenvalue weighted by molar-refractivity contribution is 5.70. The number of rotatable bonds is 2. The maximum atomic E-state index is 11.3. The second kappa shape index (κ2) is 4.05. The van der Waals surface area contributed by atoms with Crippen LogP contribution in [0.2, 0.25) is 0 Å². The molecule has 0 saturated carbocycles. The van der Waals surface area contributed by atoms with Gasteiger partial charge >= 0.3 is 5.97 Å². The Hall–Kier alpha value is -1.31. The topological polar surface area (TPSA) is 26.3 Å². The summed E-state index contributed by atoms with van der Waals surface area (Å²) in [7, 11) is 1.45. The number of carbonyl (C=O) groups excluding carboxylic acids is 1. The molecule has 0 bridgehead atoms. The zero-order valence-electron chi connectivity index (χ0n) is 9.19. The van der Waals surface area contributed by atoms with Crippen LogP contribution in [-0.4, -0.2) is 13.1 Å². The monoisotopic (exact) mass is 204 g/mol. The molecule has 0 N–H and O–H groups in total. The molecule has 1 aliphatic carbocycles. The lowest BCUT2D eigenvalue weighted by Gasteiger charge is -2.09. The molecular weight excluding hydrogens is 188 g/mol. The van der Waals surface area contributed by atoms with Crippen molar-refractivity contribution in [2.45, 2.75) is 31.6 Å². The van der Waals surface area contributed by atoms with E-state index in [1.165, 1.54) is 18.2 Å². The van der Waals surface area contributed by atoms with Crippen molar-refractivity contribution in [3.05, 3.63) is 35.4 Å². The van der Waals surface area contributed by atoms with Gasteiger partial charge in [0.2, 0.25) is 0 Å². The highest BCUT2D eigenvalue weighted by Gasteiger charge is 2.29. The molecule has 1 aromatic carbocycles. The van der Waals surface area contributed by atoms with Crippen molar-refractivity contribution in [3.63, 3.8) is 0 Å². The maximum absolute atomic E-state index is 11.3. The summed E-state index contributed by atoms with van der Waals surface area (Å²) in [5.41, 5.74) is 2.72. The van der Waals surface area contributed by atoms with E-state index in [1.807, 2.05) is 6.07 Å². The first-order valence-corrected chi connectivity index (χ1v) is 5.38. The molecule has 2 nitrogen and oxygen atoms in total. The molecule has 0 spiro atoms. The molecule has 0 unspecified atom stereocenters. The Morgan fingerprint density at radius 1 is 1.40 bits per heavy atom. The van der Waals surface area contributed by atoms with E-state index in [1.54, 1.807) is 0 Å². The number of ether oxygens (including phenoxy) is 1. The highest BCUT2D eigenvalue weighted by atomic mass is 16.5. The number of methoxy groups -OCH3 is 1. The fraction of sp³-hybridized carbons (Fsp3) is 0.462. The number of esters is 1. The van der Waals surface area contributed by atoms with Crippen LogP contribution in [0, 0.1) is 0 Å². The summed E-state index contributed by atoms with van der Waals surface area (Å²) in [5.74, 6) is 0.809. The van der Waals surface area contributed by atoms with Crippen LogP contribution < -0.4 is 0 Å². The second-order valence-corrected chi connectivity index (χ2v) is 4.24. The molecule has 0 radical (unpaired) electrons. The van der Waals surface area contributed by atoms with Gasteiger partial charge in [-0.2, -0.15) is 0 Å². The number of hydrogen-bond acceptors (Lipinski definition) is 2. The van der Waals surface area contributed by atoms with Gasteiger partial charge in [0.05, 0.1) is 13.5 Å². The van der Waals surface area contributed by atoms with Crippen molar-refractivity contribution in [1.29, 1.82) is 0 Å². The van der Waals surface area contributed by atoms with Crippen LogP contribution in [0.5, 0.6) is 0 Å². The molecule has 0 heterocycles. The second-order valence-electron chi connectivity index (χ2n) is 4.24. The predicted molar refractivity (Wildman–Crippen MR) is 58.8 cm³/mol. The highest BCUT2D eigenvalue weighted by Crippen LogP contribution is 2.42. The molecule has 1 aliphatic rings. The minimum atomic E-state index is -0.107. The molecule has 0 aromatic heterocycles. The minimum Gasteiger partial charge on any atom is -0.469 e. The average molecular weight is 204 g/mol. The van der Waals surface area contributed by atoms with E-state index < -0.39 is 0 Å². The van der Waals surface area contributed by atoms with Gasteiger partial charge in [-0.3, -0.25) is 4.79 Å². The van der Waals surface area contributed by atoms with Crippen LogP contribution in [0.15, 0.2) is 24.3 Å². The summed E-state index contributed by atoms with van der Waals surface area (Å²) in [4.78, 5) is 11.3. The Morgan fingerprint density at radius 3 is 2.73 bits per heavy atom. The Bertz CT molecular complexity index is 371. The summed E-state index contributed by atoms with van der Waals surface area (Å²) < 4.78 is 4.72. The van der Waals surface area contributed by atoms with Gasteiger partial charge in [-0.1, -0.05) is 31.2 Å². The lowest BCUT2D eigenvalue weighted by atomic mass is 9.98. The first-order chi connectivity index (χ1) is 7.22. The van der Waals surface area contributed by atoms with Crippen LogP contribution in [-0.2, 0) is 9.53 Å². The zero-order valence-corrected chi connectivity index (χ0v) is 9.19. The fourth-order valence-electron chi connectivity index (χ4n) is 2.49. The molecule has 80 valence electrons. The lowest BCUT2D eigenvalue weighted by Crippen LogP contribution is -2.06. The van der Waals surface area contributed by atoms with Crippen molar-refractivity contribution in [1.82, 2.24) is 0 Å². The number of fused-ring (bicyclic) bond motifs is 1. The van der Waals surface area contributed by atoms with Gasteiger partial charge in [0.1, 0.15) is 0 Å². The smallest absolute Gasteiger partial charge is 0.306 e. The van der Waals surface area contributed by atoms with Gasteiger partial charge < -0.3 is 4.74 Å². The van der Waals surface area contributed by atoms with Crippen molar-refractivity contribution >= 4 is 5.97 Å². The van der Waals surface area contributed by atoms with Crippen LogP contribution in [0.1, 0.15) is 42.7 Å².